The van der Waals surface area contributed by atoms with Gasteiger partial charge in [0.05, 0.1) is 10.5 Å². The second-order valence-electron chi connectivity index (χ2n) is 6.00. The first-order valence-electron chi connectivity index (χ1n) is 7.79. The third-order valence-corrected chi connectivity index (χ3v) is 5.97. The zero-order chi connectivity index (χ0) is 18.7. The van der Waals surface area contributed by atoms with Crippen molar-refractivity contribution in [3.63, 3.8) is 0 Å². The molecule has 2 unspecified atom stereocenters. The topological polar surface area (TPSA) is 104 Å². The van der Waals surface area contributed by atoms with Crippen molar-refractivity contribution in [3.05, 3.63) is 24.3 Å². The van der Waals surface area contributed by atoms with Gasteiger partial charge in [0.15, 0.2) is 6.04 Å². The summed E-state index contributed by atoms with van der Waals surface area (Å²) < 4.78 is 31.9. The number of ether oxygens (including phenoxy) is 1. The van der Waals surface area contributed by atoms with E-state index >= 15 is 0 Å². The third kappa shape index (κ3) is 4.12. The molecule has 1 saturated heterocycles. The minimum absolute atomic E-state index is 0.0415. The quantitative estimate of drug-likeness (QED) is 0.755. The summed E-state index contributed by atoms with van der Waals surface area (Å²) in [6.45, 7) is 3.27. The van der Waals surface area contributed by atoms with Crippen molar-refractivity contribution in [2.24, 2.45) is 0 Å². The number of piperidine rings is 1. The Morgan fingerprint density at radius 3 is 2.60 bits per heavy atom. The number of carboxylic acid groups (broad SMARTS) is 1. The largest absolute Gasteiger partial charge is 0.481 e. The lowest BCUT2D eigenvalue weighted by Crippen LogP contribution is -2.60. The highest BCUT2D eigenvalue weighted by molar-refractivity contribution is 7.89. The number of nitrogens with zero attached hydrogens (tertiary/aromatic N) is 1. The molecule has 0 aromatic heterocycles. The van der Waals surface area contributed by atoms with Crippen molar-refractivity contribution in [2.75, 3.05) is 13.2 Å². The van der Waals surface area contributed by atoms with Gasteiger partial charge < -0.3 is 14.9 Å². The van der Waals surface area contributed by atoms with Crippen LogP contribution in [-0.4, -0.2) is 53.7 Å². The third-order valence-electron chi connectivity index (χ3n) is 4.09. The Labute approximate surface area is 147 Å². The summed E-state index contributed by atoms with van der Waals surface area (Å²) in [6, 6.07) is 4.16. The molecule has 0 spiro atoms. The maximum atomic E-state index is 12.8. The van der Waals surface area contributed by atoms with Gasteiger partial charge in [0.2, 0.25) is 10.0 Å². The van der Waals surface area contributed by atoms with E-state index in [2.05, 4.69) is 11.8 Å². The molecule has 2 rings (SSSR count). The normalized spacial score (nSPS) is 24.2. The van der Waals surface area contributed by atoms with Crippen molar-refractivity contribution in [3.8, 4) is 17.6 Å². The molecule has 0 amide bonds. The number of hydrogen-bond acceptors (Lipinski definition) is 5. The standard InChI is InChI=1S/C17H21NO6S/c1-3-4-12-24-13-6-8-14(9-7-13)25(22,23)18-11-5-10-17(2,21)15(18)16(19)20/h6-9,15,21H,5,10-12H2,1-2H3,(H,19,20). The molecule has 1 aromatic carbocycles. The molecular weight excluding hydrogens is 346 g/mol. The van der Waals surface area contributed by atoms with Gasteiger partial charge in [0.25, 0.3) is 0 Å². The molecule has 0 saturated carbocycles. The fraction of sp³-hybridized carbons (Fsp3) is 0.471. The van der Waals surface area contributed by atoms with Gasteiger partial charge in [-0.25, -0.2) is 8.42 Å². The lowest BCUT2D eigenvalue weighted by Gasteiger charge is -2.41. The summed E-state index contributed by atoms with van der Waals surface area (Å²) in [4.78, 5) is 11.5. The van der Waals surface area contributed by atoms with E-state index < -0.39 is 27.6 Å². The number of hydrogen-bond donors (Lipinski definition) is 2. The lowest BCUT2D eigenvalue weighted by molar-refractivity contribution is -0.153. The first-order chi connectivity index (χ1) is 11.7. The van der Waals surface area contributed by atoms with Crippen molar-refractivity contribution < 1.29 is 28.2 Å². The number of aliphatic hydroxyl groups is 1. The predicted octanol–water partition coefficient (Wildman–Crippen LogP) is 1.08. The van der Waals surface area contributed by atoms with Gasteiger partial charge >= 0.3 is 5.97 Å². The summed E-state index contributed by atoms with van der Waals surface area (Å²) in [5, 5.41) is 19.8. The van der Waals surface area contributed by atoms with Gasteiger partial charge in [0.1, 0.15) is 12.4 Å². The van der Waals surface area contributed by atoms with Crippen molar-refractivity contribution in [2.45, 2.75) is 43.2 Å². The molecule has 2 atom stereocenters. The van der Waals surface area contributed by atoms with E-state index in [9.17, 15) is 23.4 Å². The number of carbonyl (C=O) groups is 1. The highest BCUT2D eigenvalue weighted by Gasteiger charge is 2.49. The Kier molecular flexibility index (Phi) is 5.72. The molecule has 7 nitrogen and oxygen atoms in total. The first kappa shape index (κ1) is 19.2. The lowest BCUT2D eigenvalue weighted by atomic mass is 9.88. The number of carboxylic acids is 1. The summed E-state index contributed by atoms with van der Waals surface area (Å²) in [5.74, 6) is 4.50. The molecule has 1 heterocycles. The molecule has 1 aliphatic heterocycles. The molecule has 136 valence electrons. The summed E-state index contributed by atoms with van der Waals surface area (Å²) in [5.41, 5.74) is -1.63. The van der Waals surface area contributed by atoms with Crippen LogP contribution < -0.4 is 4.74 Å². The Hall–Kier alpha value is -2.08. The van der Waals surface area contributed by atoms with Crippen LogP contribution in [0.25, 0.3) is 0 Å². The van der Waals surface area contributed by atoms with E-state index in [0.717, 1.165) is 4.31 Å². The molecule has 2 N–H and O–H groups in total. The Balaban J connectivity index is 2.30. The van der Waals surface area contributed by atoms with Crippen LogP contribution in [0.1, 0.15) is 26.7 Å². The van der Waals surface area contributed by atoms with E-state index in [4.69, 9.17) is 4.74 Å². The van der Waals surface area contributed by atoms with E-state index in [-0.39, 0.29) is 24.5 Å². The van der Waals surface area contributed by atoms with Gasteiger partial charge in [-0.1, -0.05) is 5.92 Å². The van der Waals surface area contributed by atoms with E-state index in [1.54, 1.807) is 6.92 Å². The SMILES string of the molecule is CC#CCOc1ccc(S(=O)(=O)N2CCCC(C)(O)C2C(=O)O)cc1. The Bertz CT molecular complexity index is 789. The average Bonchev–Trinajstić information content (AvgIpc) is 2.54. The van der Waals surface area contributed by atoms with Crippen LogP contribution >= 0.6 is 0 Å². The molecule has 1 aliphatic rings. The smallest absolute Gasteiger partial charge is 0.325 e. The van der Waals surface area contributed by atoms with Crippen LogP contribution in [0.5, 0.6) is 5.75 Å². The molecule has 0 bridgehead atoms. The maximum absolute atomic E-state index is 12.8. The number of rotatable bonds is 5. The van der Waals surface area contributed by atoms with Gasteiger partial charge in [-0.2, -0.15) is 4.31 Å². The molecule has 1 fully saturated rings. The van der Waals surface area contributed by atoms with E-state index in [1.165, 1.54) is 31.2 Å². The van der Waals surface area contributed by atoms with Gasteiger partial charge in [-0.3, -0.25) is 4.79 Å². The minimum atomic E-state index is -4.06. The van der Waals surface area contributed by atoms with Crippen LogP contribution in [0, 0.1) is 11.8 Å². The summed E-state index contributed by atoms with van der Waals surface area (Å²) in [7, 11) is -4.06. The van der Waals surface area contributed by atoms with Gasteiger partial charge in [0, 0.05) is 6.54 Å². The molecule has 0 radical (unpaired) electrons. The summed E-state index contributed by atoms with van der Waals surface area (Å²) in [6.07, 6.45) is 0.605. The fourth-order valence-electron chi connectivity index (χ4n) is 2.85. The Morgan fingerprint density at radius 1 is 1.40 bits per heavy atom. The number of benzene rings is 1. The first-order valence-corrected chi connectivity index (χ1v) is 9.23. The minimum Gasteiger partial charge on any atom is -0.481 e. The van der Waals surface area contributed by atoms with E-state index in [1.807, 2.05) is 0 Å². The van der Waals surface area contributed by atoms with Crippen LogP contribution in [0.2, 0.25) is 0 Å². The fourth-order valence-corrected chi connectivity index (χ4v) is 4.57. The highest BCUT2D eigenvalue weighted by Crippen LogP contribution is 2.32. The Morgan fingerprint density at radius 2 is 2.04 bits per heavy atom. The van der Waals surface area contributed by atoms with Crippen molar-refractivity contribution in [1.29, 1.82) is 0 Å². The van der Waals surface area contributed by atoms with E-state index in [0.29, 0.717) is 12.2 Å². The molecule has 25 heavy (non-hydrogen) atoms. The van der Waals surface area contributed by atoms with Crippen LogP contribution in [0.15, 0.2) is 29.2 Å². The number of sulfonamides is 1. The molecule has 1 aromatic rings. The number of aliphatic carboxylic acids is 1. The second kappa shape index (κ2) is 7.44. The monoisotopic (exact) mass is 367 g/mol. The zero-order valence-electron chi connectivity index (χ0n) is 14.1. The van der Waals surface area contributed by atoms with Crippen LogP contribution in [0.4, 0.5) is 0 Å². The second-order valence-corrected chi connectivity index (χ2v) is 7.89. The van der Waals surface area contributed by atoms with Crippen molar-refractivity contribution in [1.82, 2.24) is 4.31 Å². The van der Waals surface area contributed by atoms with Crippen LogP contribution in [0.3, 0.4) is 0 Å². The predicted molar refractivity (Wildman–Crippen MR) is 90.6 cm³/mol. The maximum Gasteiger partial charge on any atom is 0.325 e. The summed E-state index contributed by atoms with van der Waals surface area (Å²) >= 11 is 0. The zero-order valence-corrected chi connectivity index (χ0v) is 14.9. The van der Waals surface area contributed by atoms with Crippen LogP contribution in [-0.2, 0) is 14.8 Å². The van der Waals surface area contributed by atoms with Crippen molar-refractivity contribution >= 4 is 16.0 Å². The van der Waals surface area contributed by atoms with Gasteiger partial charge in [-0.15, -0.1) is 5.92 Å². The van der Waals surface area contributed by atoms with Gasteiger partial charge in [-0.05, 0) is 51.0 Å². The molecule has 0 aliphatic carbocycles. The molecular formula is C17H21NO6S. The average molecular weight is 367 g/mol. The molecule has 8 heteroatoms. The highest BCUT2D eigenvalue weighted by atomic mass is 32.2.